The molecule has 0 aliphatic carbocycles. The van der Waals surface area contributed by atoms with Gasteiger partial charge in [-0.2, -0.15) is 0 Å². The Morgan fingerprint density at radius 2 is 1.90 bits per heavy atom. The molecule has 2 rings (SSSR count). The van der Waals surface area contributed by atoms with Crippen molar-refractivity contribution in [1.82, 2.24) is 0 Å². The minimum absolute atomic E-state index is 0.148. The fourth-order valence-corrected chi connectivity index (χ4v) is 1.98. The van der Waals surface area contributed by atoms with Crippen molar-refractivity contribution in [3.05, 3.63) is 35.4 Å². The standard InChI is InChI=1S/C14H18O6/c1-8-3-5-9(6-4-8)13(17)19-7-10-11(15)12(16)14(18-2)20-10/h3-6,10-12,14-16H,7H2,1-2H3/t10-,11+,12-,14?/m1/s1. The fraction of sp³-hybridized carbons (Fsp3) is 0.500. The zero-order valence-corrected chi connectivity index (χ0v) is 11.4. The molecule has 1 unspecified atom stereocenters. The van der Waals surface area contributed by atoms with Gasteiger partial charge >= 0.3 is 5.97 Å². The first kappa shape index (κ1) is 14.9. The average molecular weight is 282 g/mol. The van der Waals surface area contributed by atoms with Crippen molar-refractivity contribution >= 4 is 5.97 Å². The van der Waals surface area contributed by atoms with Crippen molar-refractivity contribution < 1.29 is 29.2 Å². The van der Waals surface area contributed by atoms with Crippen molar-refractivity contribution in [2.24, 2.45) is 0 Å². The maximum absolute atomic E-state index is 11.8. The summed E-state index contributed by atoms with van der Waals surface area (Å²) in [7, 11) is 1.36. The van der Waals surface area contributed by atoms with Gasteiger partial charge in [0.2, 0.25) is 0 Å². The lowest BCUT2D eigenvalue weighted by molar-refractivity contribution is -0.153. The third kappa shape index (κ3) is 3.16. The van der Waals surface area contributed by atoms with E-state index in [-0.39, 0.29) is 6.61 Å². The van der Waals surface area contributed by atoms with E-state index in [1.807, 2.05) is 19.1 Å². The number of carbonyl (C=O) groups excluding carboxylic acids is 1. The van der Waals surface area contributed by atoms with Crippen LogP contribution >= 0.6 is 0 Å². The molecule has 1 aromatic carbocycles. The smallest absolute Gasteiger partial charge is 0.338 e. The molecular formula is C14H18O6. The second-order valence-corrected chi connectivity index (χ2v) is 4.72. The molecule has 0 aromatic heterocycles. The highest BCUT2D eigenvalue weighted by atomic mass is 16.7. The van der Waals surface area contributed by atoms with Crippen LogP contribution in [0.25, 0.3) is 0 Å². The van der Waals surface area contributed by atoms with Crippen LogP contribution in [0.5, 0.6) is 0 Å². The molecule has 0 bridgehead atoms. The number of aliphatic hydroxyl groups is 2. The van der Waals surface area contributed by atoms with Crippen LogP contribution in [0.3, 0.4) is 0 Å². The molecule has 110 valence electrons. The quantitative estimate of drug-likeness (QED) is 0.770. The van der Waals surface area contributed by atoms with E-state index in [9.17, 15) is 15.0 Å². The summed E-state index contributed by atoms with van der Waals surface area (Å²) < 4.78 is 15.2. The Kier molecular flexibility index (Phi) is 4.72. The first-order valence-corrected chi connectivity index (χ1v) is 6.31. The third-order valence-corrected chi connectivity index (χ3v) is 3.22. The number of esters is 1. The molecule has 6 nitrogen and oxygen atoms in total. The molecule has 0 radical (unpaired) electrons. The number of methoxy groups -OCH3 is 1. The molecule has 1 heterocycles. The lowest BCUT2D eigenvalue weighted by atomic mass is 10.1. The van der Waals surface area contributed by atoms with E-state index in [0.717, 1.165) is 5.56 Å². The minimum Gasteiger partial charge on any atom is -0.459 e. The molecule has 0 spiro atoms. The maximum Gasteiger partial charge on any atom is 0.338 e. The van der Waals surface area contributed by atoms with Gasteiger partial charge in [-0.25, -0.2) is 4.79 Å². The van der Waals surface area contributed by atoms with Gasteiger partial charge in [0.15, 0.2) is 6.29 Å². The van der Waals surface area contributed by atoms with E-state index >= 15 is 0 Å². The predicted octanol–water partition coefficient (Wildman–Crippen LogP) is 0.245. The van der Waals surface area contributed by atoms with Gasteiger partial charge in [-0.3, -0.25) is 0 Å². The zero-order chi connectivity index (χ0) is 14.7. The molecule has 1 aromatic rings. The Balaban J connectivity index is 1.89. The van der Waals surface area contributed by atoms with Crippen LogP contribution in [0.15, 0.2) is 24.3 Å². The number of aryl methyl sites for hydroxylation is 1. The summed E-state index contributed by atoms with van der Waals surface area (Å²) in [5, 5.41) is 19.3. The summed E-state index contributed by atoms with van der Waals surface area (Å²) in [4.78, 5) is 11.8. The second kappa shape index (κ2) is 6.32. The Labute approximate surface area is 116 Å². The molecule has 1 saturated heterocycles. The largest absolute Gasteiger partial charge is 0.459 e. The van der Waals surface area contributed by atoms with Crippen LogP contribution in [0, 0.1) is 6.92 Å². The normalized spacial score (nSPS) is 29.4. The van der Waals surface area contributed by atoms with E-state index < -0.39 is 30.6 Å². The number of hydrogen-bond donors (Lipinski definition) is 2. The second-order valence-electron chi connectivity index (χ2n) is 4.72. The highest BCUT2D eigenvalue weighted by molar-refractivity contribution is 5.89. The Morgan fingerprint density at radius 1 is 1.25 bits per heavy atom. The van der Waals surface area contributed by atoms with Gasteiger partial charge < -0.3 is 24.4 Å². The van der Waals surface area contributed by atoms with E-state index in [1.54, 1.807) is 12.1 Å². The van der Waals surface area contributed by atoms with Crippen molar-refractivity contribution in [2.45, 2.75) is 31.5 Å². The molecule has 1 fully saturated rings. The van der Waals surface area contributed by atoms with Crippen LogP contribution < -0.4 is 0 Å². The average Bonchev–Trinajstić information content (AvgIpc) is 2.73. The number of aliphatic hydroxyl groups excluding tert-OH is 2. The van der Waals surface area contributed by atoms with Crippen LogP contribution in [0.4, 0.5) is 0 Å². The van der Waals surface area contributed by atoms with Gasteiger partial charge in [0.25, 0.3) is 0 Å². The number of benzene rings is 1. The molecule has 2 N–H and O–H groups in total. The summed E-state index contributed by atoms with van der Waals surface area (Å²) in [5.74, 6) is -0.504. The molecule has 1 aliphatic heterocycles. The Morgan fingerprint density at radius 3 is 2.45 bits per heavy atom. The zero-order valence-electron chi connectivity index (χ0n) is 11.4. The van der Waals surface area contributed by atoms with Crippen molar-refractivity contribution in [1.29, 1.82) is 0 Å². The van der Waals surface area contributed by atoms with Gasteiger partial charge in [0.1, 0.15) is 24.9 Å². The minimum atomic E-state index is -1.15. The highest BCUT2D eigenvalue weighted by Crippen LogP contribution is 2.22. The molecule has 1 aliphatic rings. The van der Waals surface area contributed by atoms with Gasteiger partial charge in [0, 0.05) is 7.11 Å². The SMILES string of the molecule is COC1O[C@H](COC(=O)c2ccc(C)cc2)[C@H](O)[C@H]1O. The monoisotopic (exact) mass is 282 g/mol. The summed E-state index contributed by atoms with van der Waals surface area (Å²) in [6.07, 6.45) is -4.01. The number of rotatable bonds is 4. The van der Waals surface area contributed by atoms with Crippen molar-refractivity contribution in [3.63, 3.8) is 0 Å². The summed E-state index contributed by atoms with van der Waals surface area (Å²) in [5.41, 5.74) is 1.47. The van der Waals surface area contributed by atoms with Crippen LogP contribution in [-0.2, 0) is 14.2 Å². The van der Waals surface area contributed by atoms with Crippen LogP contribution in [0.1, 0.15) is 15.9 Å². The first-order chi connectivity index (χ1) is 9.52. The highest BCUT2D eigenvalue weighted by Gasteiger charge is 2.43. The Bertz CT molecular complexity index is 457. The summed E-state index contributed by atoms with van der Waals surface area (Å²) >= 11 is 0. The number of ether oxygens (including phenoxy) is 3. The van der Waals surface area contributed by atoms with Crippen LogP contribution in [0.2, 0.25) is 0 Å². The van der Waals surface area contributed by atoms with Gasteiger partial charge in [-0.1, -0.05) is 17.7 Å². The molecule has 6 heteroatoms. The van der Waals surface area contributed by atoms with E-state index in [1.165, 1.54) is 7.11 Å². The molecule has 4 atom stereocenters. The van der Waals surface area contributed by atoms with Gasteiger partial charge in [-0.15, -0.1) is 0 Å². The summed E-state index contributed by atoms with van der Waals surface area (Å²) in [6, 6.07) is 6.94. The number of hydrogen-bond acceptors (Lipinski definition) is 6. The van der Waals surface area contributed by atoms with Gasteiger partial charge in [-0.05, 0) is 19.1 Å². The third-order valence-electron chi connectivity index (χ3n) is 3.22. The predicted molar refractivity (Wildman–Crippen MR) is 69.1 cm³/mol. The van der Waals surface area contributed by atoms with E-state index in [4.69, 9.17) is 14.2 Å². The van der Waals surface area contributed by atoms with Gasteiger partial charge in [0.05, 0.1) is 5.56 Å². The Hall–Kier alpha value is -1.47. The molecule has 0 amide bonds. The maximum atomic E-state index is 11.8. The lowest BCUT2D eigenvalue weighted by Gasteiger charge is -2.14. The van der Waals surface area contributed by atoms with Crippen molar-refractivity contribution in [3.8, 4) is 0 Å². The van der Waals surface area contributed by atoms with Crippen molar-refractivity contribution in [2.75, 3.05) is 13.7 Å². The van der Waals surface area contributed by atoms with E-state index in [0.29, 0.717) is 5.56 Å². The fourth-order valence-electron chi connectivity index (χ4n) is 1.98. The lowest BCUT2D eigenvalue weighted by Crippen LogP contribution is -2.35. The number of carbonyl (C=O) groups is 1. The summed E-state index contributed by atoms with van der Waals surface area (Å²) in [6.45, 7) is 1.77. The topological polar surface area (TPSA) is 85.2 Å². The molecular weight excluding hydrogens is 264 g/mol. The van der Waals surface area contributed by atoms with E-state index in [2.05, 4.69) is 0 Å². The molecule has 0 saturated carbocycles. The first-order valence-electron chi connectivity index (χ1n) is 6.31. The molecule has 20 heavy (non-hydrogen) atoms. The van der Waals surface area contributed by atoms with Crippen LogP contribution in [-0.4, -0.2) is 54.5 Å².